The molecule has 1 N–H and O–H groups in total. The molecule has 1 fully saturated rings. The number of aryl methyl sites for hydroxylation is 1. The molecular weight excluding hydrogens is 198 g/mol. The van der Waals surface area contributed by atoms with Gasteiger partial charge < -0.3 is 9.88 Å². The fraction of sp³-hybridized carbons (Fsp3) is 0.769. The fourth-order valence-electron chi connectivity index (χ4n) is 2.91. The first-order valence-corrected chi connectivity index (χ1v) is 6.59. The van der Waals surface area contributed by atoms with Gasteiger partial charge >= 0.3 is 0 Å². The Hall–Kier alpha value is -0.830. The number of nitrogens with zero attached hydrogens (tertiary/aromatic N) is 2. The van der Waals surface area contributed by atoms with Gasteiger partial charge in [-0.05, 0) is 31.7 Å². The van der Waals surface area contributed by atoms with Crippen molar-refractivity contribution in [1.82, 2.24) is 14.9 Å². The van der Waals surface area contributed by atoms with Crippen molar-refractivity contribution < 1.29 is 0 Å². The molecule has 0 radical (unpaired) electrons. The molecule has 1 saturated heterocycles. The summed E-state index contributed by atoms with van der Waals surface area (Å²) in [5, 5.41) is 3.47. The molecule has 0 amide bonds. The minimum absolute atomic E-state index is 0.655. The molecule has 2 atom stereocenters. The van der Waals surface area contributed by atoms with Crippen molar-refractivity contribution in [2.75, 3.05) is 13.1 Å². The summed E-state index contributed by atoms with van der Waals surface area (Å²) >= 11 is 0. The number of hydrogen-bond acceptors (Lipinski definition) is 2. The Labute approximate surface area is 97.3 Å². The lowest BCUT2D eigenvalue weighted by Gasteiger charge is -2.20. The zero-order chi connectivity index (χ0) is 11.0. The number of rotatable bonds is 1. The second-order valence-corrected chi connectivity index (χ2v) is 5.42. The molecular formula is C13H21N3. The molecule has 2 aliphatic heterocycles. The van der Waals surface area contributed by atoms with Crippen LogP contribution in [-0.2, 0) is 13.0 Å². The van der Waals surface area contributed by atoms with Crippen LogP contribution in [0.4, 0.5) is 0 Å². The van der Waals surface area contributed by atoms with E-state index in [2.05, 4.69) is 23.0 Å². The molecule has 0 saturated carbocycles. The summed E-state index contributed by atoms with van der Waals surface area (Å²) < 4.78 is 2.38. The van der Waals surface area contributed by atoms with Gasteiger partial charge in [0, 0.05) is 31.6 Å². The van der Waals surface area contributed by atoms with Crippen LogP contribution in [0.15, 0.2) is 6.20 Å². The summed E-state index contributed by atoms with van der Waals surface area (Å²) in [6, 6.07) is 0. The van der Waals surface area contributed by atoms with Crippen LogP contribution in [0.1, 0.15) is 43.6 Å². The van der Waals surface area contributed by atoms with E-state index < -0.39 is 0 Å². The first-order valence-electron chi connectivity index (χ1n) is 6.59. The van der Waals surface area contributed by atoms with Crippen molar-refractivity contribution >= 4 is 0 Å². The van der Waals surface area contributed by atoms with E-state index in [4.69, 9.17) is 4.98 Å². The van der Waals surface area contributed by atoms with Crippen LogP contribution in [0.3, 0.4) is 0 Å². The van der Waals surface area contributed by atoms with Crippen molar-refractivity contribution in [3.63, 3.8) is 0 Å². The van der Waals surface area contributed by atoms with Crippen LogP contribution in [0.25, 0.3) is 0 Å². The minimum atomic E-state index is 0.655. The number of hydrogen-bond donors (Lipinski definition) is 1. The van der Waals surface area contributed by atoms with Gasteiger partial charge in [0.05, 0.1) is 5.69 Å². The third-order valence-electron chi connectivity index (χ3n) is 3.99. The van der Waals surface area contributed by atoms with Crippen LogP contribution < -0.4 is 5.32 Å². The van der Waals surface area contributed by atoms with Gasteiger partial charge in [0.2, 0.25) is 0 Å². The zero-order valence-electron chi connectivity index (χ0n) is 10.1. The van der Waals surface area contributed by atoms with Crippen LogP contribution in [-0.4, -0.2) is 22.6 Å². The zero-order valence-corrected chi connectivity index (χ0v) is 10.1. The molecule has 3 heteroatoms. The molecule has 3 heterocycles. The van der Waals surface area contributed by atoms with Gasteiger partial charge in [-0.3, -0.25) is 0 Å². The maximum atomic E-state index is 4.85. The molecule has 0 unspecified atom stereocenters. The summed E-state index contributed by atoms with van der Waals surface area (Å²) in [7, 11) is 0. The van der Waals surface area contributed by atoms with E-state index in [0.717, 1.165) is 12.5 Å². The Morgan fingerprint density at radius 3 is 3.19 bits per heavy atom. The maximum Gasteiger partial charge on any atom is 0.109 e. The lowest BCUT2D eigenvalue weighted by molar-refractivity contribution is 0.409. The van der Waals surface area contributed by atoms with Gasteiger partial charge in [-0.2, -0.15) is 0 Å². The lowest BCUT2D eigenvalue weighted by atomic mass is 9.97. The maximum absolute atomic E-state index is 4.85. The predicted molar refractivity (Wildman–Crippen MR) is 64.6 cm³/mol. The lowest BCUT2D eigenvalue weighted by Crippen LogP contribution is -2.28. The van der Waals surface area contributed by atoms with Gasteiger partial charge in [-0.15, -0.1) is 0 Å². The molecule has 1 aromatic heterocycles. The topological polar surface area (TPSA) is 29.9 Å². The van der Waals surface area contributed by atoms with Crippen molar-refractivity contribution in [2.24, 2.45) is 5.92 Å². The fourth-order valence-corrected chi connectivity index (χ4v) is 2.91. The van der Waals surface area contributed by atoms with Crippen LogP contribution in [0.5, 0.6) is 0 Å². The van der Waals surface area contributed by atoms with Crippen molar-refractivity contribution in [2.45, 2.75) is 45.1 Å². The molecule has 2 aliphatic rings. The van der Waals surface area contributed by atoms with Gasteiger partial charge in [-0.25, -0.2) is 4.98 Å². The van der Waals surface area contributed by atoms with E-state index in [1.54, 1.807) is 0 Å². The number of nitrogens with one attached hydrogen (secondary N) is 1. The molecule has 3 nitrogen and oxygen atoms in total. The van der Waals surface area contributed by atoms with Crippen molar-refractivity contribution in [3.8, 4) is 0 Å². The predicted octanol–water partition coefficient (Wildman–Crippen LogP) is 1.93. The second kappa shape index (κ2) is 4.21. The molecule has 3 rings (SSSR count). The largest absolute Gasteiger partial charge is 0.335 e. The summed E-state index contributed by atoms with van der Waals surface area (Å²) in [4.78, 5) is 4.85. The van der Waals surface area contributed by atoms with Gasteiger partial charge in [-0.1, -0.05) is 6.92 Å². The Bertz CT molecular complexity index is 363. The SMILES string of the molecule is C[C@H]1CCn2cc([C@H]3CCCNC3)nc2C1. The Balaban J connectivity index is 1.80. The standard InChI is InChI=1S/C13H21N3/c1-10-4-6-16-9-12(15-13(16)7-10)11-3-2-5-14-8-11/h9-11,14H,2-8H2,1H3/t10-,11-/m0/s1. The normalized spacial score (nSPS) is 30.1. The quantitative estimate of drug-likeness (QED) is 0.782. The highest BCUT2D eigenvalue weighted by Crippen LogP contribution is 2.26. The van der Waals surface area contributed by atoms with Crippen LogP contribution >= 0.6 is 0 Å². The molecule has 1 aromatic rings. The third kappa shape index (κ3) is 1.88. The summed E-state index contributed by atoms with van der Waals surface area (Å²) in [6.07, 6.45) is 7.38. The number of aromatic nitrogens is 2. The van der Waals surface area contributed by atoms with E-state index in [-0.39, 0.29) is 0 Å². The van der Waals surface area contributed by atoms with Crippen molar-refractivity contribution in [3.05, 3.63) is 17.7 Å². The highest BCUT2D eigenvalue weighted by Gasteiger charge is 2.22. The Morgan fingerprint density at radius 2 is 2.38 bits per heavy atom. The summed E-state index contributed by atoms with van der Waals surface area (Å²) in [6.45, 7) is 5.80. The van der Waals surface area contributed by atoms with E-state index >= 15 is 0 Å². The average molecular weight is 219 g/mol. The van der Waals surface area contributed by atoms with Gasteiger partial charge in [0.25, 0.3) is 0 Å². The number of imidazole rings is 1. The van der Waals surface area contributed by atoms with Crippen molar-refractivity contribution in [1.29, 1.82) is 0 Å². The average Bonchev–Trinajstić information content (AvgIpc) is 2.73. The van der Waals surface area contributed by atoms with E-state index in [0.29, 0.717) is 5.92 Å². The third-order valence-corrected chi connectivity index (χ3v) is 3.99. The van der Waals surface area contributed by atoms with Crippen LogP contribution in [0, 0.1) is 5.92 Å². The highest BCUT2D eigenvalue weighted by molar-refractivity contribution is 5.12. The smallest absolute Gasteiger partial charge is 0.109 e. The van der Waals surface area contributed by atoms with E-state index in [1.165, 1.54) is 50.3 Å². The minimum Gasteiger partial charge on any atom is -0.335 e. The Kier molecular flexibility index (Phi) is 2.72. The number of piperidine rings is 1. The first-order chi connectivity index (χ1) is 7.83. The summed E-state index contributed by atoms with van der Waals surface area (Å²) in [5.74, 6) is 2.79. The molecule has 16 heavy (non-hydrogen) atoms. The van der Waals surface area contributed by atoms with E-state index in [1.807, 2.05) is 0 Å². The van der Waals surface area contributed by atoms with Gasteiger partial charge in [0.15, 0.2) is 0 Å². The second-order valence-electron chi connectivity index (χ2n) is 5.42. The van der Waals surface area contributed by atoms with E-state index in [9.17, 15) is 0 Å². The monoisotopic (exact) mass is 219 g/mol. The Morgan fingerprint density at radius 1 is 1.44 bits per heavy atom. The first kappa shape index (κ1) is 10.3. The molecule has 0 bridgehead atoms. The summed E-state index contributed by atoms with van der Waals surface area (Å²) in [5.41, 5.74) is 1.33. The molecule has 0 aromatic carbocycles. The number of fused-ring (bicyclic) bond motifs is 1. The van der Waals surface area contributed by atoms with Gasteiger partial charge in [0.1, 0.15) is 5.82 Å². The van der Waals surface area contributed by atoms with Crippen LogP contribution in [0.2, 0.25) is 0 Å². The molecule has 88 valence electrons. The highest BCUT2D eigenvalue weighted by atomic mass is 15.1. The molecule has 0 aliphatic carbocycles. The molecule has 0 spiro atoms.